The molecule has 0 bridgehead atoms. The number of ether oxygens (including phenoxy) is 9. The molecule has 0 aliphatic rings. The summed E-state index contributed by atoms with van der Waals surface area (Å²) in [7, 11) is 0. The lowest BCUT2D eigenvalue weighted by Crippen LogP contribution is -2.27. The van der Waals surface area contributed by atoms with Gasteiger partial charge in [0.2, 0.25) is 0 Å². The fourth-order valence-electron chi connectivity index (χ4n) is 5.12. The highest BCUT2D eigenvalue weighted by Gasteiger charge is 2.10. The Bertz CT molecular complexity index is 629. The number of aliphatic hydroxyl groups is 9. The lowest BCUT2D eigenvalue weighted by Gasteiger charge is -2.18. The van der Waals surface area contributed by atoms with E-state index in [2.05, 4.69) is 0 Å². The highest BCUT2D eigenvalue weighted by molar-refractivity contribution is 4.56. The second kappa shape index (κ2) is 75.8. The second-order valence-electron chi connectivity index (χ2n) is 15.3. The third-order valence-electron chi connectivity index (χ3n) is 8.82. The highest BCUT2D eigenvalue weighted by Crippen LogP contribution is 2.04. The van der Waals surface area contributed by atoms with Crippen LogP contribution in [0.4, 0.5) is 0 Å². The third-order valence-corrected chi connectivity index (χ3v) is 8.82. The first-order valence-electron chi connectivity index (χ1n) is 25.3. The van der Waals surface area contributed by atoms with Crippen molar-refractivity contribution >= 4 is 0 Å². The third kappa shape index (κ3) is 80.3. The van der Waals surface area contributed by atoms with Crippen molar-refractivity contribution in [3.05, 3.63) is 0 Å². The Morgan fingerprint density at radius 2 is 0.348 bits per heavy atom. The van der Waals surface area contributed by atoms with E-state index in [1.54, 1.807) is 0 Å². The zero-order valence-electron chi connectivity index (χ0n) is 41.5. The van der Waals surface area contributed by atoms with Crippen LogP contribution in [0.2, 0.25) is 0 Å². The van der Waals surface area contributed by atoms with Crippen LogP contribution in [0.25, 0.3) is 0 Å². The van der Waals surface area contributed by atoms with Gasteiger partial charge in [0.1, 0.15) is 6.10 Å². The van der Waals surface area contributed by atoms with E-state index in [0.717, 1.165) is 117 Å². The predicted octanol–water partition coefficient (Wildman–Crippen LogP) is 3.59. The quantitative estimate of drug-likeness (QED) is 0.0395. The van der Waals surface area contributed by atoms with E-state index in [1.165, 1.54) is 38.5 Å². The normalized spacial score (nSPS) is 11.0. The molecular formula is C48H104O18. The molecule has 66 heavy (non-hydrogen) atoms. The van der Waals surface area contributed by atoms with Crippen LogP contribution < -0.4 is 0 Å². The Morgan fingerprint density at radius 3 is 0.545 bits per heavy atom. The van der Waals surface area contributed by atoms with Crippen LogP contribution in [0.15, 0.2) is 0 Å². The molecule has 0 aromatic carbocycles. The van der Waals surface area contributed by atoms with Crippen molar-refractivity contribution in [1.29, 1.82) is 0 Å². The lowest BCUT2D eigenvalue weighted by atomic mass is 10.2. The minimum Gasteiger partial charge on any atom is -0.396 e. The number of rotatable bonds is 53. The Labute approximate surface area is 400 Å². The average Bonchev–Trinajstić information content (AvgIpc) is 3.33. The Kier molecular flexibility index (Phi) is 82.5. The van der Waals surface area contributed by atoms with E-state index in [4.69, 9.17) is 88.6 Å². The van der Waals surface area contributed by atoms with Gasteiger partial charge in [-0.25, -0.2) is 0 Å². The van der Waals surface area contributed by atoms with Gasteiger partial charge in [-0.1, -0.05) is 38.5 Å². The molecule has 0 aromatic rings. The zero-order valence-corrected chi connectivity index (χ0v) is 41.5. The summed E-state index contributed by atoms with van der Waals surface area (Å²) >= 11 is 0. The molecule has 0 saturated heterocycles. The summed E-state index contributed by atoms with van der Waals surface area (Å²) in [4.78, 5) is 0. The molecule has 0 saturated carbocycles. The predicted molar refractivity (Wildman–Crippen MR) is 257 cm³/mol. The molecule has 0 rings (SSSR count). The Balaban J connectivity index is -0.000000389. The highest BCUT2D eigenvalue weighted by atomic mass is 16.6. The minimum atomic E-state index is -0.172. The fourth-order valence-corrected chi connectivity index (χ4v) is 5.12. The van der Waals surface area contributed by atoms with E-state index in [1.807, 2.05) is 0 Å². The zero-order chi connectivity index (χ0) is 49.2. The van der Waals surface area contributed by atoms with Gasteiger partial charge >= 0.3 is 0 Å². The van der Waals surface area contributed by atoms with E-state index in [0.29, 0.717) is 91.9 Å². The molecule has 18 heteroatoms. The van der Waals surface area contributed by atoms with Gasteiger partial charge in [0.25, 0.3) is 0 Å². The molecule has 0 atom stereocenters. The first kappa shape index (κ1) is 71.8. The van der Waals surface area contributed by atoms with Gasteiger partial charge in [0.15, 0.2) is 0 Å². The van der Waals surface area contributed by atoms with Gasteiger partial charge in [0.05, 0.1) is 13.2 Å². The minimum absolute atomic E-state index is 0.101. The van der Waals surface area contributed by atoms with Crippen LogP contribution in [0.5, 0.6) is 0 Å². The Morgan fingerprint density at radius 1 is 0.182 bits per heavy atom. The maximum absolute atomic E-state index is 8.67. The van der Waals surface area contributed by atoms with Gasteiger partial charge in [-0.2, -0.15) is 0 Å². The molecule has 0 aliphatic heterocycles. The molecule has 404 valence electrons. The first-order chi connectivity index (χ1) is 32.6. The molecule has 0 fully saturated rings. The van der Waals surface area contributed by atoms with Gasteiger partial charge in [-0.15, -0.1) is 0 Å². The molecule has 0 radical (unpaired) electrons. The first-order valence-corrected chi connectivity index (χ1v) is 25.3. The SMILES string of the molecule is OCCCOCC(COCCCO)OCCCO.OCCCOCCCCCCOCCCO.OCCCOCCCCCCOCCCO.OCCCOCCCCCCOCCCO. The van der Waals surface area contributed by atoms with E-state index in [9.17, 15) is 0 Å². The van der Waals surface area contributed by atoms with Gasteiger partial charge < -0.3 is 88.6 Å². The standard InChI is InChI=1S/C12H26O6.3C12H26O4/c13-4-1-7-16-10-12(18-9-3-6-15)11-17-8-2-5-14;3*13-7-5-11-15-9-3-1-2-4-10-16-12-6-8-14/h12-15H,1-11H2;3*13-14H,1-12H2. The van der Waals surface area contributed by atoms with Crippen LogP contribution in [0.1, 0.15) is 135 Å². The second-order valence-corrected chi connectivity index (χ2v) is 15.3. The molecule has 0 amide bonds. The summed E-state index contributed by atoms with van der Waals surface area (Å²) < 4.78 is 48.1. The topological polar surface area (TPSA) is 265 Å². The molecule has 0 spiro atoms. The monoisotopic (exact) mass is 969 g/mol. The smallest absolute Gasteiger partial charge is 0.104 e. The fraction of sp³-hybridized carbons (Fsp3) is 1.00. The lowest BCUT2D eigenvalue weighted by molar-refractivity contribution is -0.0644. The molecule has 9 N–H and O–H groups in total. The van der Waals surface area contributed by atoms with Crippen molar-refractivity contribution in [2.45, 2.75) is 141 Å². The summed E-state index contributed by atoms with van der Waals surface area (Å²) in [5, 5.41) is 77.0. The summed E-state index contributed by atoms with van der Waals surface area (Å²) in [5.41, 5.74) is 0. The van der Waals surface area contributed by atoms with Crippen LogP contribution in [0, 0.1) is 0 Å². The number of unbranched alkanes of at least 4 members (excludes halogenated alkanes) is 9. The van der Waals surface area contributed by atoms with Crippen LogP contribution in [-0.2, 0) is 42.6 Å². The summed E-state index contributed by atoms with van der Waals surface area (Å²) in [6.07, 6.45) is 19.6. The van der Waals surface area contributed by atoms with Crippen molar-refractivity contribution < 1.29 is 88.6 Å². The maximum Gasteiger partial charge on any atom is 0.104 e. The summed E-state index contributed by atoms with van der Waals surface area (Å²) in [5.74, 6) is 0. The largest absolute Gasteiger partial charge is 0.396 e. The number of aliphatic hydroxyl groups excluding tert-OH is 9. The van der Waals surface area contributed by atoms with Crippen molar-refractivity contribution in [1.82, 2.24) is 0 Å². The van der Waals surface area contributed by atoms with Gasteiger partial charge in [0, 0.05) is 159 Å². The summed E-state index contributed by atoms with van der Waals surface area (Å²) in [6, 6.07) is 0. The molecule has 0 aromatic heterocycles. The average molecular weight is 969 g/mol. The van der Waals surface area contributed by atoms with Crippen LogP contribution in [-0.4, -0.2) is 224 Å². The van der Waals surface area contributed by atoms with Gasteiger partial charge in [-0.3, -0.25) is 0 Å². The van der Waals surface area contributed by atoms with Crippen molar-refractivity contribution in [2.24, 2.45) is 0 Å². The van der Waals surface area contributed by atoms with E-state index >= 15 is 0 Å². The van der Waals surface area contributed by atoms with Crippen molar-refractivity contribution in [3.63, 3.8) is 0 Å². The van der Waals surface area contributed by atoms with Crippen molar-refractivity contribution in [3.8, 4) is 0 Å². The molecule has 0 unspecified atom stereocenters. The van der Waals surface area contributed by atoms with Gasteiger partial charge in [-0.05, 0) is 96.3 Å². The molecule has 18 nitrogen and oxygen atoms in total. The van der Waals surface area contributed by atoms with Crippen LogP contribution >= 0.6 is 0 Å². The van der Waals surface area contributed by atoms with E-state index in [-0.39, 0.29) is 65.6 Å². The Hall–Kier alpha value is -0.720. The molecule has 0 aliphatic carbocycles. The number of hydrogen-bond donors (Lipinski definition) is 9. The van der Waals surface area contributed by atoms with Crippen molar-refractivity contribution in [2.75, 3.05) is 172 Å². The summed E-state index contributed by atoms with van der Waals surface area (Å²) in [6.45, 7) is 12.7. The number of hydrogen-bond acceptors (Lipinski definition) is 18. The van der Waals surface area contributed by atoms with E-state index < -0.39 is 0 Å². The molecule has 0 heterocycles. The maximum atomic E-state index is 8.67. The molecular weight excluding hydrogens is 865 g/mol. The van der Waals surface area contributed by atoms with Crippen LogP contribution in [0.3, 0.4) is 0 Å².